The Kier molecular flexibility index (Phi) is 4.30. The van der Waals surface area contributed by atoms with Crippen molar-refractivity contribution in [3.63, 3.8) is 0 Å². The highest BCUT2D eigenvalue weighted by atomic mass is 19.1. The first-order chi connectivity index (χ1) is 14.6. The average Bonchev–Trinajstić information content (AvgIpc) is 3.42. The molecule has 1 unspecified atom stereocenters. The summed E-state index contributed by atoms with van der Waals surface area (Å²) < 4.78 is 17.1. The molecular formula is C21H21FN8. The molecule has 0 amide bonds. The first kappa shape index (κ1) is 18.4. The summed E-state index contributed by atoms with van der Waals surface area (Å²) in [5, 5.41) is 8.46. The van der Waals surface area contributed by atoms with E-state index in [0.29, 0.717) is 11.8 Å². The third-order valence-corrected chi connectivity index (χ3v) is 5.35. The van der Waals surface area contributed by atoms with Crippen molar-refractivity contribution in [1.82, 2.24) is 34.3 Å². The molecule has 1 aliphatic heterocycles. The molecule has 0 bridgehead atoms. The van der Waals surface area contributed by atoms with Gasteiger partial charge in [0.1, 0.15) is 23.7 Å². The van der Waals surface area contributed by atoms with Crippen molar-refractivity contribution in [1.29, 1.82) is 0 Å². The van der Waals surface area contributed by atoms with Gasteiger partial charge in [-0.3, -0.25) is 9.13 Å². The standard InChI is InChI=1S/C21H21FN8/c1-4-16-20-27-25-12-29(20)17-11-24-21(26-19(17)30(16)13(2)3)28-10-9-23-18(28)14-5-7-15(22)8-6-14/h5-13,16H,4H2,1-3H3. The largest absolute Gasteiger partial charge is 0.342 e. The van der Waals surface area contributed by atoms with Crippen LogP contribution in [0.1, 0.15) is 39.1 Å². The number of halogens is 1. The molecule has 3 aromatic heterocycles. The summed E-state index contributed by atoms with van der Waals surface area (Å²) >= 11 is 0. The number of benzene rings is 1. The molecule has 0 spiro atoms. The molecule has 152 valence electrons. The van der Waals surface area contributed by atoms with Gasteiger partial charge in [0.15, 0.2) is 11.6 Å². The van der Waals surface area contributed by atoms with Gasteiger partial charge in [0.2, 0.25) is 5.95 Å². The van der Waals surface area contributed by atoms with Gasteiger partial charge < -0.3 is 4.90 Å². The molecule has 0 N–H and O–H groups in total. The van der Waals surface area contributed by atoms with Crippen LogP contribution in [0.25, 0.3) is 23.0 Å². The fraction of sp³-hybridized carbons (Fsp3) is 0.286. The summed E-state index contributed by atoms with van der Waals surface area (Å²) in [6.07, 6.45) is 7.87. The van der Waals surface area contributed by atoms with Crippen LogP contribution in [0.4, 0.5) is 10.2 Å². The van der Waals surface area contributed by atoms with E-state index in [0.717, 1.165) is 29.3 Å². The molecule has 0 fully saturated rings. The first-order valence-electron chi connectivity index (χ1n) is 9.93. The molecule has 1 atom stereocenters. The van der Waals surface area contributed by atoms with E-state index in [2.05, 4.69) is 45.8 Å². The van der Waals surface area contributed by atoms with Gasteiger partial charge in [-0.25, -0.2) is 14.4 Å². The maximum atomic E-state index is 13.4. The van der Waals surface area contributed by atoms with Crippen LogP contribution >= 0.6 is 0 Å². The number of fused-ring (bicyclic) bond motifs is 3. The lowest BCUT2D eigenvalue weighted by Gasteiger charge is -2.39. The van der Waals surface area contributed by atoms with Crippen LogP contribution in [0.3, 0.4) is 0 Å². The molecule has 4 heterocycles. The van der Waals surface area contributed by atoms with Crippen molar-refractivity contribution in [2.75, 3.05) is 4.90 Å². The van der Waals surface area contributed by atoms with Gasteiger partial charge in [-0.05, 0) is 44.5 Å². The fourth-order valence-corrected chi connectivity index (χ4v) is 4.02. The zero-order valence-electron chi connectivity index (χ0n) is 16.9. The van der Waals surface area contributed by atoms with Gasteiger partial charge in [-0.2, -0.15) is 4.98 Å². The second-order valence-corrected chi connectivity index (χ2v) is 7.49. The minimum Gasteiger partial charge on any atom is -0.342 e. The van der Waals surface area contributed by atoms with Crippen molar-refractivity contribution in [2.45, 2.75) is 39.3 Å². The summed E-state index contributed by atoms with van der Waals surface area (Å²) in [5.74, 6) is 2.59. The molecular weight excluding hydrogens is 383 g/mol. The Morgan fingerprint density at radius 2 is 1.90 bits per heavy atom. The number of hydrogen-bond donors (Lipinski definition) is 0. The third-order valence-electron chi connectivity index (χ3n) is 5.35. The second-order valence-electron chi connectivity index (χ2n) is 7.49. The molecule has 1 aliphatic rings. The lowest BCUT2D eigenvalue weighted by Crippen LogP contribution is -2.40. The van der Waals surface area contributed by atoms with E-state index in [9.17, 15) is 4.39 Å². The highest BCUT2D eigenvalue weighted by molar-refractivity contribution is 5.63. The van der Waals surface area contributed by atoms with Crippen LogP contribution in [0.15, 0.2) is 49.2 Å². The van der Waals surface area contributed by atoms with E-state index in [1.807, 2.05) is 15.3 Å². The molecule has 0 saturated heterocycles. The van der Waals surface area contributed by atoms with Gasteiger partial charge in [0, 0.05) is 24.0 Å². The average molecular weight is 404 g/mol. The lowest BCUT2D eigenvalue weighted by atomic mass is 10.1. The fourth-order valence-electron chi connectivity index (χ4n) is 4.02. The number of hydrogen-bond acceptors (Lipinski definition) is 6. The second kappa shape index (κ2) is 7.01. The molecule has 0 aliphatic carbocycles. The Balaban J connectivity index is 1.66. The molecule has 0 saturated carbocycles. The Morgan fingerprint density at radius 3 is 2.63 bits per heavy atom. The predicted molar refractivity (Wildman–Crippen MR) is 110 cm³/mol. The zero-order valence-corrected chi connectivity index (χ0v) is 16.9. The molecule has 9 heteroatoms. The topological polar surface area (TPSA) is 77.5 Å². The highest BCUT2D eigenvalue weighted by Gasteiger charge is 2.35. The number of aromatic nitrogens is 7. The highest BCUT2D eigenvalue weighted by Crippen LogP contribution is 2.39. The number of anilines is 1. The van der Waals surface area contributed by atoms with Crippen LogP contribution < -0.4 is 4.90 Å². The quantitative estimate of drug-likeness (QED) is 0.516. The van der Waals surface area contributed by atoms with Crippen LogP contribution in [-0.4, -0.2) is 40.3 Å². The Labute approximate surface area is 173 Å². The molecule has 0 radical (unpaired) electrons. The predicted octanol–water partition coefficient (Wildman–Crippen LogP) is 3.73. The van der Waals surface area contributed by atoms with E-state index < -0.39 is 0 Å². The summed E-state index contributed by atoms with van der Waals surface area (Å²) in [6, 6.07) is 6.51. The molecule has 4 aromatic rings. The van der Waals surface area contributed by atoms with E-state index >= 15 is 0 Å². The summed E-state index contributed by atoms with van der Waals surface area (Å²) in [4.78, 5) is 16.2. The van der Waals surface area contributed by atoms with Gasteiger partial charge in [-0.15, -0.1) is 10.2 Å². The number of imidazole rings is 1. The molecule has 30 heavy (non-hydrogen) atoms. The van der Waals surface area contributed by atoms with Gasteiger partial charge >= 0.3 is 0 Å². The van der Waals surface area contributed by atoms with E-state index in [1.54, 1.807) is 30.9 Å². The van der Waals surface area contributed by atoms with Crippen LogP contribution in [0.2, 0.25) is 0 Å². The molecule has 8 nitrogen and oxygen atoms in total. The van der Waals surface area contributed by atoms with Crippen molar-refractivity contribution < 1.29 is 4.39 Å². The van der Waals surface area contributed by atoms with Crippen molar-refractivity contribution in [2.24, 2.45) is 0 Å². The molecule has 1 aromatic carbocycles. The maximum absolute atomic E-state index is 13.4. The Hall–Kier alpha value is -3.62. The number of nitrogens with zero attached hydrogens (tertiary/aromatic N) is 8. The molecule has 5 rings (SSSR count). The van der Waals surface area contributed by atoms with E-state index in [-0.39, 0.29) is 17.9 Å². The van der Waals surface area contributed by atoms with Gasteiger partial charge in [-0.1, -0.05) is 6.92 Å². The van der Waals surface area contributed by atoms with Gasteiger partial charge in [0.05, 0.1) is 12.2 Å². The van der Waals surface area contributed by atoms with Crippen molar-refractivity contribution in [3.05, 3.63) is 60.8 Å². The van der Waals surface area contributed by atoms with Crippen molar-refractivity contribution >= 4 is 5.82 Å². The third kappa shape index (κ3) is 2.77. The first-order valence-corrected chi connectivity index (χ1v) is 9.93. The number of rotatable bonds is 4. The minimum absolute atomic E-state index is 0.0714. The monoisotopic (exact) mass is 404 g/mol. The maximum Gasteiger partial charge on any atom is 0.237 e. The minimum atomic E-state index is -0.287. The normalized spacial score (nSPS) is 15.4. The summed E-state index contributed by atoms with van der Waals surface area (Å²) in [5.41, 5.74) is 1.64. The summed E-state index contributed by atoms with van der Waals surface area (Å²) in [7, 11) is 0. The Morgan fingerprint density at radius 1 is 1.10 bits per heavy atom. The van der Waals surface area contributed by atoms with Crippen LogP contribution in [0, 0.1) is 5.82 Å². The smallest absolute Gasteiger partial charge is 0.237 e. The zero-order chi connectivity index (χ0) is 20.8. The van der Waals surface area contributed by atoms with Crippen LogP contribution in [0.5, 0.6) is 0 Å². The van der Waals surface area contributed by atoms with Gasteiger partial charge in [0.25, 0.3) is 0 Å². The van der Waals surface area contributed by atoms with Crippen LogP contribution in [-0.2, 0) is 0 Å². The van der Waals surface area contributed by atoms with Crippen molar-refractivity contribution in [3.8, 4) is 23.0 Å². The van der Waals surface area contributed by atoms with E-state index in [1.165, 1.54) is 12.1 Å². The van der Waals surface area contributed by atoms with E-state index in [4.69, 9.17) is 4.98 Å². The SMILES string of the molecule is CCC1c2nncn2-c2cnc(-n3ccnc3-c3ccc(F)cc3)nc2N1C(C)C. The summed E-state index contributed by atoms with van der Waals surface area (Å²) in [6.45, 7) is 6.41. The lowest BCUT2D eigenvalue weighted by molar-refractivity contribution is 0.497. The Bertz CT molecular complexity index is 1190.